The molecular weight excluding hydrogens is 394 g/mol. The van der Waals surface area contributed by atoms with Gasteiger partial charge in [-0.3, -0.25) is 9.59 Å². The first-order chi connectivity index (χ1) is 12.6. The van der Waals surface area contributed by atoms with Crippen molar-refractivity contribution < 1.29 is 22.7 Å². The maximum absolute atomic E-state index is 12.6. The highest BCUT2D eigenvalue weighted by Crippen LogP contribution is 2.27. The van der Waals surface area contributed by atoms with Crippen molar-refractivity contribution in [1.29, 1.82) is 0 Å². The zero-order valence-electron chi connectivity index (χ0n) is 15.6. The van der Waals surface area contributed by atoms with Crippen LogP contribution >= 0.6 is 11.6 Å². The van der Waals surface area contributed by atoms with Gasteiger partial charge in [-0.05, 0) is 31.0 Å². The molecule has 1 aliphatic rings. The largest absolute Gasteiger partial charge is 0.495 e. The van der Waals surface area contributed by atoms with Crippen molar-refractivity contribution in [3.8, 4) is 5.75 Å². The van der Waals surface area contributed by atoms with Gasteiger partial charge in [0, 0.05) is 31.1 Å². The Kier molecular flexibility index (Phi) is 7.07. The van der Waals surface area contributed by atoms with Crippen LogP contribution in [0.2, 0.25) is 5.02 Å². The third kappa shape index (κ3) is 5.82. The molecule has 0 aromatic heterocycles. The molecule has 2 rings (SSSR count). The first kappa shape index (κ1) is 21.5. The van der Waals surface area contributed by atoms with Gasteiger partial charge in [0.1, 0.15) is 5.75 Å². The van der Waals surface area contributed by atoms with Gasteiger partial charge in [-0.2, -0.15) is 0 Å². The van der Waals surface area contributed by atoms with Crippen LogP contribution in [0.3, 0.4) is 0 Å². The summed E-state index contributed by atoms with van der Waals surface area (Å²) in [5.74, 6) is -0.368. The van der Waals surface area contributed by atoms with Gasteiger partial charge in [0.2, 0.25) is 21.8 Å². The summed E-state index contributed by atoms with van der Waals surface area (Å²) in [6.07, 6.45) is 2.05. The van der Waals surface area contributed by atoms with Crippen LogP contribution in [0.4, 0.5) is 5.69 Å². The number of nitrogens with one attached hydrogen (secondary N) is 1. The maximum Gasteiger partial charge on any atom is 0.244 e. The molecule has 0 unspecified atom stereocenters. The van der Waals surface area contributed by atoms with Crippen LogP contribution < -0.4 is 10.1 Å². The van der Waals surface area contributed by atoms with Gasteiger partial charge in [0.05, 0.1) is 25.6 Å². The van der Waals surface area contributed by atoms with Gasteiger partial charge < -0.3 is 15.0 Å². The first-order valence-electron chi connectivity index (χ1n) is 8.45. The first-order valence-corrected chi connectivity index (χ1v) is 10.7. The highest BCUT2D eigenvalue weighted by atomic mass is 35.5. The summed E-state index contributed by atoms with van der Waals surface area (Å²) in [5.41, 5.74) is 0.428. The van der Waals surface area contributed by atoms with Crippen LogP contribution in [0.1, 0.15) is 12.8 Å². The van der Waals surface area contributed by atoms with Gasteiger partial charge in [-0.1, -0.05) is 11.6 Å². The second-order valence-corrected chi connectivity index (χ2v) is 8.94. The SMILES string of the molecule is COc1ccc(Cl)cc1NC(=O)CN(C)C(=O)C1CCN(S(C)(=O)=O)CC1. The summed E-state index contributed by atoms with van der Waals surface area (Å²) in [6, 6.07) is 4.86. The van der Waals surface area contributed by atoms with Crippen molar-refractivity contribution in [1.82, 2.24) is 9.21 Å². The van der Waals surface area contributed by atoms with E-state index in [4.69, 9.17) is 16.3 Å². The van der Waals surface area contributed by atoms with E-state index in [1.54, 1.807) is 25.2 Å². The third-order valence-electron chi connectivity index (χ3n) is 4.46. The average molecular weight is 418 g/mol. The molecule has 0 spiro atoms. The molecule has 150 valence electrons. The van der Waals surface area contributed by atoms with E-state index in [9.17, 15) is 18.0 Å². The van der Waals surface area contributed by atoms with Crippen LogP contribution in [0, 0.1) is 5.92 Å². The number of sulfonamides is 1. The molecule has 1 saturated heterocycles. The lowest BCUT2D eigenvalue weighted by atomic mass is 9.96. The molecule has 2 amide bonds. The van der Waals surface area contributed by atoms with Gasteiger partial charge in [-0.15, -0.1) is 0 Å². The van der Waals surface area contributed by atoms with E-state index in [0.717, 1.165) is 6.26 Å². The zero-order chi connectivity index (χ0) is 20.2. The van der Waals surface area contributed by atoms with Gasteiger partial charge >= 0.3 is 0 Å². The molecule has 27 heavy (non-hydrogen) atoms. The Morgan fingerprint density at radius 2 is 1.96 bits per heavy atom. The maximum atomic E-state index is 12.6. The molecule has 1 aromatic carbocycles. The fourth-order valence-corrected chi connectivity index (χ4v) is 4.05. The number of nitrogens with zero attached hydrogens (tertiary/aromatic N) is 2. The lowest BCUT2D eigenvalue weighted by molar-refractivity contribution is -0.138. The minimum atomic E-state index is -3.24. The fourth-order valence-electron chi connectivity index (χ4n) is 3.01. The Morgan fingerprint density at radius 1 is 1.33 bits per heavy atom. The van der Waals surface area contributed by atoms with Crippen molar-refractivity contribution in [2.45, 2.75) is 12.8 Å². The molecule has 1 aliphatic heterocycles. The fraction of sp³-hybridized carbons (Fsp3) is 0.529. The van der Waals surface area contributed by atoms with Crippen LogP contribution in [0.15, 0.2) is 18.2 Å². The molecule has 0 saturated carbocycles. The zero-order valence-corrected chi connectivity index (χ0v) is 17.1. The molecule has 1 fully saturated rings. The van der Waals surface area contributed by atoms with Crippen molar-refractivity contribution >= 4 is 39.1 Å². The summed E-state index contributed by atoms with van der Waals surface area (Å²) in [7, 11) is -0.198. The number of carbonyl (C=O) groups is 2. The Hall–Kier alpha value is -1.84. The number of ether oxygens (including phenoxy) is 1. The quantitative estimate of drug-likeness (QED) is 0.755. The van der Waals surface area contributed by atoms with Crippen molar-refractivity contribution in [2.75, 3.05) is 45.4 Å². The van der Waals surface area contributed by atoms with Crippen molar-refractivity contribution in [3.05, 3.63) is 23.2 Å². The number of methoxy groups -OCH3 is 1. The van der Waals surface area contributed by atoms with Crippen LogP contribution in [-0.4, -0.2) is 69.5 Å². The number of anilines is 1. The van der Waals surface area contributed by atoms with E-state index in [1.807, 2.05) is 0 Å². The van der Waals surface area contributed by atoms with Gasteiger partial charge in [0.25, 0.3) is 0 Å². The molecule has 0 bridgehead atoms. The molecule has 0 radical (unpaired) electrons. The van der Waals surface area contributed by atoms with Crippen molar-refractivity contribution in [3.63, 3.8) is 0 Å². The van der Waals surface area contributed by atoms with E-state index in [1.165, 1.54) is 16.3 Å². The van der Waals surface area contributed by atoms with E-state index in [2.05, 4.69) is 5.32 Å². The number of halogens is 1. The number of hydrogen-bond acceptors (Lipinski definition) is 5. The van der Waals surface area contributed by atoms with E-state index < -0.39 is 10.0 Å². The lowest BCUT2D eigenvalue weighted by Crippen LogP contribution is -2.44. The van der Waals surface area contributed by atoms with E-state index in [0.29, 0.717) is 42.4 Å². The highest BCUT2D eigenvalue weighted by molar-refractivity contribution is 7.88. The van der Waals surface area contributed by atoms with Crippen molar-refractivity contribution in [2.24, 2.45) is 5.92 Å². The summed E-state index contributed by atoms with van der Waals surface area (Å²) in [6.45, 7) is 0.505. The second-order valence-electron chi connectivity index (χ2n) is 6.52. The van der Waals surface area contributed by atoms with Gasteiger partial charge in [0.15, 0.2) is 0 Å². The molecule has 10 heteroatoms. The Balaban J connectivity index is 1.91. The number of amides is 2. The minimum Gasteiger partial charge on any atom is -0.495 e. The number of likely N-dealkylation sites (N-methyl/N-ethyl adjacent to an activating group) is 1. The molecule has 1 aromatic rings. The predicted molar refractivity (Wildman–Crippen MR) is 103 cm³/mol. The van der Waals surface area contributed by atoms with Gasteiger partial charge in [-0.25, -0.2) is 12.7 Å². The smallest absolute Gasteiger partial charge is 0.244 e. The summed E-state index contributed by atoms with van der Waals surface area (Å²) < 4.78 is 29.6. The monoisotopic (exact) mass is 417 g/mol. The number of carbonyl (C=O) groups excluding carboxylic acids is 2. The number of hydrogen-bond donors (Lipinski definition) is 1. The molecular formula is C17H24ClN3O5S. The molecule has 0 aliphatic carbocycles. The Bertz CT molecular complexity index is 807. The molecule has 0 atom stereocenters. The van der Waals surface area contributed by atoms with E-state index in [-0.39, 0.29) is 24.3 Å². The summed E-state index contributed by atoms with van der Waals surface area (Å²) in [4.78, 5) is 26.2. The van der Waals surface area contributed by atoms with E-state index >= 15 is 0 Å². The summed E-state index contributed by atoms with van der Waals surface area (Å²) >= 11 is 5.94. The molecule has 1 heterocycles. The average Bonchev–Trinajstić information content (AvgIpc) is 2.60. The van der Waals surface area contributed by atoms with Crippen LogP contribution in [-0.2, 0) is 19.6 Å². The number of benzene rings is 1. The normalized spacial score (nSPS) is 16.0. The number of rotatable bonds is 6. The topological polar surface area (TPSA) is 96.0 Å². The van der Waals surface area contributed by atoms with Crippen LogP contribution in [0.25, 0.3) is 0 Å². The predicted octanol–water partition coefficient (Wildman–Crippen LogP) is 1.42. The minimum absolute atomic E-state index is 0.124. The standard InChI is InChI=1S/C17H24ClN3O5S/c1-20(17(23)12-6-8-21(9-7-12)27(3,24)25)11-16(22)19-14-10-13(18)4-5-15(14)26-2/h4-5,10,12H,6-9,11H2,1-3H3,(H,19,22). The Morgan fingerprint density at radius 3 is 2.52 bits per heavy atom. The lowest BCUT2D eigenvalue weighted by Gasteiger charge is -2.31. The Labute approximate surface area is 164 Å². The highest BCUT2D eigenvalue weighted by Gasteiger charge is 2.31. The second kappa shape index (κ2) is 8.90. The number of piperidine rings is 1. The molecule has 1 N–H and O–H groups in total. The molecule has 8 nitrogen and oxygen atoms in total. The third-order valence-corrected chi connectivity index (χ3v) is 6.00. The van der Waals surface area contributed by atoms with Crippen LogP contribution in [0.5, 0.6) is 5.75 Å². The summed E-state index contributed by atoms with van der Waals surface area (Å²) in [5, 5.41) is 3.14.